The van der Waals surface area contributed by atoms with Crippen molar-refractivity contribution in [3.63, 3.8) is 0 Å². The Hall–Kier alpha value is -0.960. The van der Waals surface area contributed by atoms with Gasteiger partial charge >= 0.3 is 0 Å². The zero-order valence-electron chi connectivity index (χ0n) is 13.8. The first-order chi connectivity index (χ1) is 10.8. The summed E-state index contributed by atoms with van der Waals surface area (Å²) in [6.07, 6.45) is 4.46. The summed E-state index contributed by atoms with van der Waals surface area (Å²) >= 11 is 1.87. The molecule has 0 bridgehead atoms. The first-order valence-corrected chi connectivity index (χ1v) is 8.94. The molecule has 0 aliphatic heterocycles. The molecule has 5 nitrogen and oxygen atoms in total. The van der Waals surface area contributed by atoms with Gasteiger partial charge in [0.2, 0.25) is 0 Å². The average Bonchev–Trinajstić information content (AvgIpc) is 2.57. The number of hydrogen-bond donors (Lipinski definition) is 3. The lowest BCUT2D eigenvalue weighted by Gasteiger charge is -2.12. The Morgan fingerprint density at radius 2 is 1.70 bits per heavy atom. The lowest BCUT2D eigenvalue weighted by molar-refractivity contribution is 0.0954. The fraction of sp³-hybridized carbons (Fsp3) is 0.500. The lowest BCUT2D eigenvalue weighted by atomic mass is 10.2. The summed E-state index contributed by atoms with van der Waals surface area (Å²) in [6.45, 7) is 2.11. The standard InChI is InChI=1S/C16H26N4OS.HI/c1-17-16(19-10-6-7-13-22-2)20-12-11-18-15(21)14-8-4-3-5-9-14;/h3-5,8-9H,6-7,10-13H2,1-2H3,(H,18,21)(H2,17,19,20);1H. The minimum Gasteiger partial charge on any atom is -0.356 e. The van der Waals surface area contributed by atoms with E-state index in [2.05, 4.69) is 27.2 Å². The number of amides is 1. The molecular formula is C16H27IN4OS. The van der Waals surface area contributed by atoms with Crippen molar-refractivity contribution in [3.05, 3.63) is 35.9 Å². The molecule has 0 atom stereocenters. The highest BCUT2D eigenvalue weighted by Crippen LogP contribution is 1.98. The fourth-order valence-electron chi connectivity index (χ4n) is 1.85. The van der Waals surface area contributed by atoms with Gasteiger partial charge in [-0.25, -0.2) is 0 Å². The molecule has 0 aliphatic rings. The highest BCUT2D eigenvalue weighted by atomic mass is 127. The summed E-state index contributed by atoms with van der Waals surface area (Å²) in [6, 6.07) is 9.22. The highest BCUT2D eigenvalue weighted by Gasteiger charge is 2.03. The van der Waals surface area contributed by atoms with Crippen LogP contribution in [-0.2, 0) is 0 Å². The van der Waals surface area contributed by atoms with E-state index in [-0.39, 0.29) is 29.9 Å². The first kappa shape index (κ1) is 22.0. The van der Waals surface area contributed by atoms with Crippen molar-refractivity contribution in [1.29, 1.82) is 0 Å². The van der Waals surface area contributed by atoms with Crippen LogP contribution in [0.1, 0.15) is 23.2 Å². The van der Waals surface area contributed by atoms with E-state index in [1.54, 1.807) is 19.2 Å². The number of carbonyl (C=O) groups excluding carboxylic acids is 1. The topological polar surface area (TPSA) is 65.5 Å². The fourth-order valence-corrected chi connectivity index (χ4v) is 2.34. The van der Waals surface area contributed by atoms with Gasteiger partial charge < -0.3 is 16.0 Å². The zero-order valence-corrected chi connectivity index (χ0v) is 16.9. The van der Waals surface area contributed by atoms with Crippen molar-refractivity contribution in [2.24, 2.45) is 4.99 Å². The predicted molar refractivity (Wildman–Crippen MR) is 111 cm³/mol. The Morgan fingerprint density at radius 3 is 2.35 bits per heavy atom. The highest BCUT2D eigenvalue weighted by molar-refractivity contribution is 14.0. The monoisotopic (exact) mass is 450 g/mol. The van der Waals surface area contributed by atoms with Gasteiger partial charge in [-0.15, -0.1) is 24.0 Å². The second-order valence-electron chi connectivity index (χ2n) is 4.75. The van der Waals surface area contributed by atoms with Crippen molar-refractivity contribution in [2.75, 3.05) is 38.7 Å². The number of rotatable bonds is 9. The van der Waals surface area contributed by atoms with Gasteiger partial charge in [0.25, 0.3) is 5.91 Å². The van der Waals surface area contributed by atoms with Crippen LogP contribution < -0.4 is 16.0 Å². The van der Waals surface area contributed by atoms with Gasteiger partial charge in [-0.2, -0.15) is 11.8 Å². The molecule has 3 N–H and O–H groups in total. The van der Waals surface area contributed by atoms with Gasteiger partial charge in [-0.05, 0) is 37.0 Å². The molecule has 0 aliphatic carbocycles. The number of hydrogen-bond acceptors (Lipinski definition) is 3. The van der Waals surface area contributed by atoms with Gasteiger partial charge in [0.1, 0.15) is 0 Å². The van der Waals surface area contributed by atoms with Crippen LogP contribution in [0.2, 0.25) is 0 Å². The maximum absolute atomic E-state index is 11.8. The summed E-state index contributed by atoms with van der Waals surface area (Å²) in [5, 5.41) is 9.33. The molecular weight excluding hydrogens is 423 g/mol. The second-order valence-corrected chi connectivity index (χ2v) is 5.73. The number of unbranched alkanes of at least 4 members (excludes halogenated alkanes) is 1. The van der Waals surface area contributed by atoms with E-state index in [0.29, 0.717) is 18.7 Å². The van der Waals surface area contributed by atoms with Crippen LogP contribution in [0.25, 0.3) is 0 Å². The van der Waals surface area contributed by atoms with E-state index < -0.39 is 0 Å². The van der Waals surface area contributed by atoms with Gasteiger partial charge in [-0.1, -0.05) is 18.2 Å². The van der Waals surface area contributed by atoms with Crippen LogP contribution in [0.5, 0.6) is 0 Å². The van der Waals surface area contributed by atoms with E-state index in [1.807, 2.05) is 30.0 Å². The molecule has 0 unspecified atom stereocenters. The van der Waals surface area contributed by atoms with Crippen molar-refractivity contribution >= 4 is 47.6 Å². The number of benzene rings is 1. The van der Waals surface area contributed by atoms with Crippen molar-refractivity contribution < 1.29 is 4.79 Å². The quantitative estimate of drug-likeness (QED) is 0.234. The molecule has 0 heterocycles. The number of aliphatic imine (C=N–C) groups is 1. The Morgan fingerprint density at radius 1 is 1.04 bits per heavy atom. The SMILES string of the molecule is CN=C(NCCCCSC)NCCNC(=O)c1ccccc1.I. The summed E-state index contributed by atoms with van der Waals surface area (Å²) in [7, 11) is 1.75. The van der Waals surface area contributed by atoms with E-state index >= 15 is 0 Å². The minimum absolute atomic E-state index is 0. The number of nitrogens with zero attached hydrogens (tertiary/aromatic N) is 1. The summed E-state index contributed by atoms with van der Waals surface area (Å²) in [5.74, 6) is 1.92. The van der Waals surface area contributed by atoms with Gasteiger partial charge in [0.05, 0.1) is 0 Å². The molecule has 1 aromatic rings. The molecule has 1 aromatic carbocycles. The normalized spacial score (nSPS) is 10.6. The zero-order chi connectivity index (χ0) is 16.0. The molecule has 0 spiro atoms. The lowest BCUT2D eigenvalue weighted by Crippen LogP contribution is -2.41. The average molecular weight is 450 g/mol. The maximum atomic E-state index is 11.8. The molecule has 0 radical (unpaired) electrons. The van der Waals surface area contributed by atoms with E-state index in [9.17, 15) is 4.79 Å². The summed E-state index contributed by atoms with van der Waals surface area (Å²) < 4.78 is 0. The van der Waals surface area contributed by atoms with Crippen molar-refractivity contribution in [2.45, 2.75) is 12.8 Å². The molecule has 23 heavy (non-hydrogen) atoms. The van der Waals surface area contributed by atoms with Crippen LogP contribution in [0.4, 0.5) is 0 Å². The molecule has 1 rings (SSSR count). The van der Waals surface area contributed by atoms with Gasteiger partial charge in [-0.3, -0.25) is 9.79 Å². The Kier molecular flexibility index (Phi) is 14.0. The molecule has 0 fully saturated rings. The Labute approximate surface area is 160 Å². The predicted octanol–water partition coefficient (Wildman–Crippen LogP) is 2.34. The molecule has 0 saturated carbocycles. The Balaban J connectivity index is 0.00000484. The van der Waals surface area contributed by atoms with Crippen LogP contribution in [0.15, 0.2) is 35.3 Å². The Bertz CT molecular complexity index is 457. The van der Waals surface area contributed by atoms with Crippen molar-refractivity contribution in [3.8, 4) is 0 Å². The maximum Gasteiger partial charge on any atom is 0.251 e. The van der Waals surface area contributed by atoms with Crippen LogP contribution in [0.3, 0.4) is 0 Å². The van der Waals surface area contributed by atoms with E-state index in [0.717, 1.165) is 18.9 Å². The van der Waals surface area contributed by atoms with Gasteiger partial charge in [0, 0.05) is 32.2 Å². The number of guanidine groups is 1. The molecule has 0 saturated heterocycles. The molecule has 130 valence electrons. The smallest absolute Gasteiger partial charge is 0.251 e. The van der Waals surface area contributed by atoms with Crippen LogP contribution in [-0.4, -0.2) is 50.6 Å². The third kappa shape index (κ3) is 10.4. The number of carbonyl (C=O) groups is 1. The number of nitrogens with one attached hydrogen (secondary N) is 3. The third-order valence-corrected chi connectivity index (χ3v) is 3.73. The summed E-state index contributed by atoms with van der Waals surface area (Å²) in [5.41, 5.74) is 0.679. The number of thioether (sulfide) groups is 1. The molecule has 7 heteroatoms. The van der Waals surface area contributed by atoms with E-state index in [1.165, 1.54) is 12.2 Å². The second kappa shape index (κ2) is 14.6. The van der Waals surface area contributed by atoms with Crippen LogP contribution >= 0.6 is 35.7 Å². The van der Waals surface area contributed by atoms with Crippen molar-refractivity contribution in [1.82, 2.24) is 16.0 Å². The molecule has 1 amide bonds. The minimum atomic E-state index is -0.0533. The van der Waals surface area contributed by atoms with Gasteiger partial charge in [0.15, 0.2) is 5.96 Å². The largest absolute Gasteiger partial charge is 0.356 e. The third-order valence-electron chi connectivity index (χ3n) is 3.03. The summed E-state index contributed by atoms with van der Waals surface area (Å²) in [4.78, 5) is 16.0. The van der Waals surface area contributed by atoms with Crippen LogP contribution in [0, 0.1) is 0 Å². The number of halogens is 1. The van der Waals surface area contributed by atoms with E-state index in [4.69, 9.17) is 0 Å². The first-order valence-electron chi connectivity index (χ1n) is 7.54. The molecule has 0 aromatic heterocycles.